The van der Waals surface area contributed by atoms with Gasteiger partial charge >= 0.3 is 0 Å². The molecular weight excluding hydrogens is 248 g/mol. The zero-order valence-electron chi connectivity index (χ0n) is 12.5. The van der Waals surface area contributed by atoms with Crippen LogP contribution in [0.2, 0.25) is 0 Å². The lowest BCUT2D eigenvalue weighted by atomic mass is 9.71. The van der Waals surface area contributed by atoms with Gasteiger partial charge < -0.3 is 9.67 Å². The molecule has 3 fully saturated rings. The maximum Gasteiger partial charge on any atom is 0.111 e. The van der Waals surface area contributed by atoms with Crippen LogP contribution in [0.4, 0.5) is 0 Å². The van der Waals surface area contributed by atoms with E-state index in [-0.39, 0.29) is 0 Å². The van der Waals surface area contributed by atoms with E-state index in [0.29, 0.717) is 5.92 Å². The number of rotatable bonds is 4. The summed E-state index contributed by atoms with van der Waals surface area (Å²) < 4.78 is 2.23. The van der Waals surface area contributed by atoms with Crippen LogP contribution in [-0.4, -0.2) is 20.3 Å². The summed E-state index contributed by atoms with van der Waals surface area (Å²) in [7, 11) is 0. The van der Waals surface area contributed by atoms with E-state index in [1.54, 1.807) is 0 Å². The van der Waals surface area contributed by atoms with Crippen LogP contribution in [-0.2, 0) is 13.0 Å². The SMILES string of the molecule is CCCn1ccnc1CC1(O)CC2CC1C1CCCC21. The van der Waals surface area contributed by atoms with Gasteiger partial charge in [0.1, 0.15) is 5.82 Å². The average molecular weight is 274 g/mol. The van der Waals surface area contributed by atoms with E-state index in [0.717, 1.165) is 49.4 Å². The molecule has 3 saturated carbocycles. The fourth-order valence-corrected chi connectivity index (χ4v) is 5.66. The highest BCUT2D eigenvalue weighted by molar-refractivity contribution is 5.13. The number of imidazole rings is 1. The van der Waals surface area contributed by atoms with Crippen molar-refractivity contribution in [2.45, 2.75) is 64.0 Å². The number of fused-ring (bicyclic) bond motifs is 5. The van der Waals surface area contributed by atoms with Gasteiger partial charge in [0.15, 0.2) is 0 Å². The van der Waals surface area contributed by atoms with Gasteiger partial charge in [-0.05, 0) is 55.8 Å². The molecule has 0 amide bonds. The molecule has 5 unspecified atom stereocenters. The van der Waals surface area contributed by atoms with E-state index < -0.39 is 5.60 Å². The Labute approximate surface area is 121 Å². The molecule has 0 saturated heterocycles. The predicted octanol–water partition coefficient (Wildman–Crippen LogP) is 3.02. The molecule has 3 heteroatoms. The van der Waals surface area contributed by atoms with Crippen molar-refractivity contribution in [2.75, 3.05) is 0 Å². The summed E-state index contributed by atoms with van der Waals surface area (Å²) in [6, 6.07) is 0. The first-order chi connectivity index (χ1) is 9.71. The molecule has 1 aromatic rings. The Morgan fingerprint density at radius 3 is 3.10 bits per heavy atom. The molecule has 3 aliphatic rings. The van der Waals surface area contributed by atoms with Crippen molar-refractivity contribution in [1.82, 2.24) is 9.55 Å². The second-order valence-electron chi connectivity index (χ2n) is 7.38. The third-order valence-corrected chi connectivity index (χ3v) is 6.34. The molecule has 1 heterocycles. The molecule has 5 atom stereocenters. The van der Waals surface area contributed by atoms with Crippen LogP contribution in [0.1, 0.15) is 51.3 Å². The molecule has 3 aliphatic carbocycles. The van der Waals surface area contributed by atoms with Gasteiger partial charge in [0.25, 0.3) is 0 Å². The first-order valence-electron chi connectivity index (χ1n) is 8.43. The van der Waals surface area contributed by atoms with Crippen molar-refractivity contribution < 1.29 is 5.11 Å². The van der Waals surface area contributed by atoms with Crippen LogP contribution in [0.15, 0.2) is 12.4 Å². The zero-order valence-corrected chi connectivity index (χ0v) is 12.5. The molecule has 20 heavy (non-hydrogen) atoms. The topological polar surface area (TPSA) is 38.0 Å². The van der Waals surface area contributed by atoms with Crippen LogP contribution in [0, 0.1) is 23.7 Å². The molecule has 0 spiro atoms. The molecule has 110 valence electrons. The quantitative estimate of drug-likeness (QED) is 0.916. The number of hydrogen-bond donors (Lipinski definition) is 1. The van der Waals surface area contributed by atoms with Crippen LogP contribution >= 0.6 is 0 Å². The minimum atomic E-state index is -0.465. The van der Waals surface area contributed by atoms with E-state index in [9.17, 15) is 5.11 Å². The number of nitrogens with zero attached hydrogens (tertiary/aromatic N) is 2. The predicted molar refractivity (Wildman–Crippen MR) is 78.2 cm³/mol. The number of aromatic nitrogens is 2. The van der Waals surface area contributed by atoms with Crippen LogP contribution in [0.25, 0.3) is 0 Å². The lowest BCUT2D eigenvalue weighted by Gasteiger charge is -2.39. The van der Waals surface area contributed by atoms with Gasteiger partial charge in [0.05, 0.1) is 5.60 Å². The van der Waals surface area contributed by atoms with Crippen molar-refractivity contribution in [2.24, 2.45) is 23.7 Å². The summed E-state index contributed by atoms with van der Waals surface area (Å²) in [4.78, 5) is 4.52. The van der Waals surface area contributed by atoms with Gasteiger partial charge in [0, 0.05) is 25.4 Å². The minimum absolute atomic E-state index is 0.465. The normalized spacial score (nSPS) is 42.3. The Morgan fingerprint density at radius 2 is 2.25 bits per heavy atom. The summed E-state index contributed by atoms with van der Waals surface area (Å²) >= 11 is 0. The van der Waals surface area contributed by atoms with Crippen molar-refractivity contribution >= 4 is 0 Å². The molecule has 0 aliphatic heterocycles. The fourth-order valence-electron chi connectivity index (χ4n) is 5.66. The van der Waals surface area contributed by atoms with E-state index >= 15 is 0 Å². The van der Waals surface area contributed by atoms with E-state index in [1.165, 1.54) is 25.7 Å². The molecule has 0 radical (unpaired) electrons. The standard InChI is InChI=1S/C17H26N2O/c1-2-7-19-8-6-18-16(19)11-17(20)10-12-9-15(17)14-5-3-4-13(12)14/h6,8,12-15,20H,2-5,7,9-11H2,1H3. The fraction of sp³-hybridized carbons (Fsp3) is 0.824. The molecule has 0 aromatic carbocycles. The van der Waals surface area contributed by atoms with Crippen LogP contribution in [0.3, 0.4) is 0 Å². The molecular formula is C17H26N2O. The number of aryl methyl sites for hydroxylation is 1. The molecule has 4 rings (SSSR count). The summed E-state index contributed by atoms with van der Waals surface area (Å²) in [5.41, 5.74) is -0.465. The van der Waals surface area contributed by atoms with Crippen molar-refractivity contribution in [3.8, 4) is 0 Å². The van der Waals surface area contributed by atoms with Gasteiger partial charge in [0.2, 0.25) is 0 Å². The summed E-state index contributed by atoms with van der Waals surface area (Å²) in [5.74, 6) is 4.19. The Kier molecular flexibility index (Phi) is 2.95. The van der Waals surface area contributed by atoms with Gasteiger partial charge in [-0.1, -0.05) is 13.3 Å². The Hall–Kier alpha value is -0.830. The minimum Gasteiger partial charge on any atom is -0.389 e. The van der Waals surface area contributed by atoms with Gasteiger partial charge in [-0.15, -0.1) is 0 Å². The van der Waals surface area contributed by atoms with Crippen LogP contribution < -0.4 is 0 Å². The summed E-state index contributed by atoms with van der Waals surface area (Å²) in [6.45, 7) is 3.21. The van der Waals surface area contributed by atoms with Crippen molar-refractivity contribution in [1.29, 1.82) is 0 Å². The van der Waals surface area contributed by atoms with E-state index in [4.69, 9.17) is 0 Å². The second-order valence-corrected chi connectivity index (χ2v) is 7.38. The third-order valence-electron chi connectivity index (χ3n) is 6.34. The summed E-state index contributed by atoms with van der Waals surface area (Å²) in [6.07, 6.45) is 12.3. The zero-order chi connectivity index (χ0) is 13.7. The maximum atomic E-state index is 11.2. The van der Waals surface area contributed by atoms with Crippen molar-refractivity contribution in [3.05, 3.63) is 18.2 Å². The largest absolute Gasteiger partial charge is 0.389 e. The first-order valence-corrected chi connectivity index (χ1v) is 8.43. The highest BCUT2D eigenvalue weighted by atomic mass is 16.3. The lowest BCUT2D eigenvalue weighted by Crippen LogP contribution is -2.43. The van der Waals surface area contributed by atoms with Gasteiger partial charge in [-0.3, -0.25) is 0 Å². The highest BCUT2D eigenvalue weighted by Gasteiger charge is 2.60. The van der Waals surface area contributed by atoms with Gasteiger partial charge in [-0.2, -0.15) is 0 Å². The van der Waals surface area contributed by atoms with E-state index in [2.05, 4.69) is 22.7 Å². The molecule has 1 N–H and O–H groups in total. The van der Waals surface area contributed by atoms with Crippen LogP contribution in [0.5, 0.6) is 0 Å². The number of aliphatic hydroxyl groups is 1. The Balaban J connectivity index is 1.55. The Bertz CT molecular complexity index is 497. The average Bonchev–Trinajstić information content (AvgIpc) is 3.11. The Morgan fingerprint density at radius 1 is 1.40 bits per heavy atom. The van der Waals surface area contributed by atoms with Crippen molar-refractivity contribution in [3.63, 3.8) is 0 Å². The van der Waals surface area contributed by atoms with Gasteiger partial charge in [-0.25, -0.2) is 4.98 Å². The second kappa shape index (κ2) is 4.59. The number of hydrogen-bond acceptors (Lipinski definition) is 2. The smallest absolute Gasteiger partial charge is 0.111 e. The molecule has 2 bridgehead atoms. The molecule has 1 aromatic heterocycles. The highest BCUT2D eigenvalue weighted by Crippen LogP contribution is 2.62. The monoisotopic (exact) mass is 274 g/mol. The first kappa shape index (κ1) is 12.9. The maximum absolute atomic E-state index is 11.2. The van der Waals surface area contributed by atoms with E-state index in [1.807, 2.05) is 6.20 Å². The summed E-state index contributed by atoms with van der Waals surface area (Å²) in [5, 5.41) is 11.2. The molecule has 3 nitrogen and oxygen atoms in total. The lowest BCUT2D eigenvalue weighted by molar-refractivity contribution is -0.0469. The third kappa shape index (κ3) is 1.78.